The van der Waals surface area contributed by atoms with Gasteiger partial charge in [0.2, 0.25) is 0 Å². The number of nitrogens with zero attached hydrogens (tertiary/aromatic N) is 3. The number of benzene rings is 2. The Hall–Kier alpha value is -2.11. The predicted octanol–water partition coefficient (Wildman–Crippen LogP) is 5.94. The number of imide groups is 1. The fourth-order valence-corrected chi connectivity index (χ4v) is 8.27. The van der Waals surface area contributed by atoms with Gasteiger partial charge in [-0.2, -0.15) is 5.01 Å². The van der Waals surface area contributed by atoms with Crippen molar-refractivity contribution in [2.45, 2.75) is 14.1 Å². The number of nitro groups is 1. The highest BCUT2D eigenvalue weighted by atomic mass is 35.5. The van der Waals surface area contributed by atoms with E-state index in [1.54, 1.807) is 0 Å². The topological polar surface area (TPSA) is 118 Å². The molecule has 1 heterocycles. The minimum atomic E-state index is -2.21. The van der Waals surface area contributed by atoms with E-state index in [9.17, 15) is 29.3 Å². The summed E-state index contributed by atoms with van der Waals surface area (Å²) in [5, 5.41) is 11.9. The van der Waals surface area contributed by atoms with Crippen molar-refractivity contribution in [2.75, 3.05) is 6.54 Å². The fourth-order valence-electron chi connectivity index (χ4n) is 5.22. The van der Waals surface area contributed by atoms with E-state index in [-0.39, 0.29) is 21.2 Å². The van der Waals surface area contributed by atoms with Gasteiger partial charge in [0, 0.05) is 28.3 Å². The van der Waals surface area contributed by atoms with Crippen molar-refractivity contribution < 1.29 is 24.1 Å². The largest absolute Gasteiger partial charge is 0.292 e. The monoisotopic (exact) mass is 683 g/mol. The molecule has 2 aliphatic carbocycles. The number of Topliss-reactive ketones (excluding diaryl/α,β-unsaturated/α-hetero) is 1. The molecule has 16 heteroatoms. The third kappa shape index (κ3) is 3.75. The van der Waals surface area contributed by atoms with E-state index in [2.05, 4.69) is 0 Å². The second kappa shape index (κ2) is 9.73. The van der Waals surface area contributed by atoms with Crippen LogP contribution in [0.25, 0.3) is 0 Å². The van der Waals surface area contributed by atoms with Crippen LogP contribution in [-0.2, 0) is 9.59 Å². The molecule has 3 aliphatic rings. The van der Waals surface area contributed by atoms with Gasteiger partial charge in [-0.3, -0.25) is 29.3 Å². The van der Waals surface area contributed by atoms with Gasteiger partial charge in [-0.25, -0.2) is 5.01 Å². The Kier molecular flexibility index (Phi) is 7.15. The maximum absolute atomic E-state index is 13.9. The zero-order chi connectivity index (χ0) is 29.5. The van der Waals surface area contributed by atoms with Gasteiger partial charge >= 0.3 is 0 Å². The zero-order valence-electron chi connectivity index (χ0n) is 19.4. The summed E-state index contributed by atoms with van der Waals surface area (Å²) in [6.07, 6.45) is 0. The van der Waals surface area contributed by atoms with Crippen molar-refractivity contribution in [3.63, 3.8) is 0 Å². The zero-order valence-corrected chi connectivity index (χ0v) is 24.7. The maximum atomic E-state index is 13.9. The molecule has 4 atom stereocenters. The minimum Gasteiger partial charge on any atom is -0.292 e. The molecule has 3 amide bonds. The summed E-state index contributed by atoms with van der Waals surface area (Å²) in [5.41, 5.74) is -0.644. The lowest BCUT2D eigenvalue weighted by molar-refractivity contribution is -0.384. The Morgan fingerprint density at radius 3 is 1.90 bits per heavy atom. The SMILES string of the molecule is O=C(CN(C(=O)c1cccc([N+](=O)[O-])c1)N1C(=O)[C@@H]2[C@H](C1=O)[C@@]1(Cl)C(Cl)=C(Cl)[C@@]2(Cl)C1(Cl)Cl)c1ccc(Cl)cc1. The number of hydrazine groups is 1. The van der Waals surface area contributed by atoms with E-state index in [0.717, 1.165) is 12.1 Å². The van der Waals surface area contributed by atoms with Crippen LogP contribution in [0.15, 0.2) is 58.6 Å². The first kappa shape index (κ1) is 29.4. The normalized spacial score (nSPS) is 28.2. The molecule has 2 fully saturated rings. The Morgan fingerprint density at radius 1 is 0.875 bits per heavy atom. The van der Waals surface area contributed by atoms with Crippen molar-refractivity contribution in [3.8, 4) is 0 Å². The molecule has 2 aromatic rings. The molecule has 0 unspecified atom stereocenters. The van der Waals surface area contributed by atoms with Gasteiger partial charge in [-0.05, 0) is 30.3 Å². The third-order valence-electron chi connectivity index (χ3n) is 7.12. The number of allylic oxidation sites excluding steroid dienone is 2. The summed E-state index contributed by atoms with van der Waals surface area (Å²) in [7, 11) is 0. The van der Waals surface area contributed by atoms with Gasteiger partial charge in [0.1, 0.15) is 16.3 Å². The molecule has 1 aliphatic heterocycles. The van der Waals surface area contributed by atoms with Gasteiger partial charge in [0.05, 0.1) is 26.8 Å². The smallest absolute Gasteiger partial charge is 0.273 e. The highest BCUT2D eigenvalue weighted by molar-refractivity contribution is 6.66. The molecule has 2 aromatic carbocycles. The minimum absolute atomic E-state index is 0.0940. The summed E-state index contributed by atoms with van der Waals surface area (Å²) in [6.45, 7) is -0.841. The van der Waals surface area contributed by atoms with Gasteiger partial charge in [0.15, 0.2) is 10.1 Å². The van der Waals surface area contributed by atoms with E-state index in [0.29, 0.717) is 15.0 Å². The lowest BCUT2D eigenvalue weighted by Gasteiger charge is -2.36. The van der Waals surface area contributed by atoms with Crippen LogP contribution >= 0.6 is 81.2 Å². The second-order valence-corrected chi connectivity index (χ2v) is 12.9. The number of carbonyl (C=O) groups is 4. The number of carbonyl (C=O) groups excluding carboxylic acids is 4. The van der Waals surface area contributed by atoms with Gasteiger partial charge in [-0.15, -0.1) is 23.2 Å². The molecular formula is C24H12Cl7N3O6. The Balaban J connectivity index is 1.61. The highest BCUT2D eigenvalue weighted by Gasteiger charge is 2.88. The van der Waals surface area contributed by atoms with Crippen molar-refractivity contribution in [1.29, 1.82) is 0 Å². The molecule has 0 aromatic heterocycles. The van der Waals surface area contributed by atoms with Crippen LogP contribution in [0, 0.1) is 22.0 Å². The van der Waals surface area contributed by atoms with Crippen molar-refractivity contribution >= 4 is 110 Å². The van der Waals surface area contributed by atoms with Crippen LogP contribution in [0.1, 0.15) is 20.7 Å². The maximum Gasteiger partial charge on any atom is 0.273 e. The van der Waals surface area contributed by atoms with Gasteiger partial charge in [0.25, 0.3) is 23.4 Å². The number of fused-ring (bicyclic) bond motifs is 5. The van der Waals surface area contributed by atoms with Crippen LogP contribution in [0.3, 0.4) is 0 Å². The van der Waals surface area contributed by atoms with Crippen LogP contribution in [-0.4, -0.2) is 59.1 Å². The molecule has 2 bridgehead atoms. The van der Waals surface area contributed by atoms with E-state index >= 15 is 0 Å². The Bertz CT molecular complexity index is 1520. The summed E-state index contributed by atoms with van der Waals surface area (Å²) in [6, 6.07) is 10.1. The van der Waals surface area contributed by atoms with Crippen molar-refractivity contribution in [2.24, 2.45) is 11.8 Å². The first-order valence-corrected chi connectivity index (χ1v) is 13.8. The Morgan fingerprint density at radius 2 is 1.40 bits per heavy atom. The average Bonchev–Trinajstić information content (AvgIpc) is 3.30. The number of hydrogen-bond donors (Lipinski definition) is 0. The molecule has 208 valence electrons. The third-order valence-corrected chi connectivity index (χ3v) is 11.6. The number of amides is 3. The molecule has 0 N–H and O–H groups in total. The summed E-state index contributed by atoms with van der Waals surface area (Å²) < 4.78 is -2.21. The van der Waals surface area contributed by atoms with Crippen molar-refractivity contribution in [3.05, 3.63) is 84.9 Å². The van der Waals surface area contributed by atoms with Gasteiger partial charge < -0.3 is 0 Å². The molecular weight excluding hydrogens is 674 g/mol. The Labute approximate surface area is 260 Å². The lowest BCUT2D eigenvalue weighted by atomic mass is 9.84. The number of non-ortho nitro benzene ring substituents is 1. The van der Waals surface area contributed by atoms with Crippen LogP contribution in [0.4, 0.5) is 5.69 Å². The first-order valence-electron chi connectivity index (χ1n) is 11.1. The molecule has 0 spiro atoms. The average molecular weight is 687 g/mol. The molecule has 9 nitrogen and oxygen atoms in total. The van der Waals surface area contributed by atoms with Gasteiger partial charge in [-0.1, -0.05) is 64.1 Å². The number of halogens is 7. The number of hydrogen-bond acceptors (Lipinski definition) is 6. The first-order chi connectivity index (χ1) is 18.6. The lowest BCUT2D eigenvalue weighted by Crippen LogP contribution is -2.56. The second-order valence-electron chi connectivity index (χ2n) is 9.17. The standard InChI is InChI=1S/C24H12Cl7N3O6/c25-12-6-4-10(5-7-12)14(35)9-32(19(36)11-2-1-3-13(8-11)34(39)40)33-20(37)15-16(21(33)38)23(29)18(27)17(26)22(15,28)24(23,30)31/h1-8,15-16H,9H2/t15-,16+,22-,23-/m1/s1. The number of ketones is 1. The van der Waals surface area contributed by atoms with Crippen LogP contribution in [0.2, 0.25) is 5.02 Å². The van der Waals surface area contributed by atoms with E-state index in [4.69, 9.17) is 81.2 Å². The molecule has 40 heavy (non-hydrogen) atoms. The quantitative estimate of drug-likeness (QED) is 0.122. The van der Waals surface area contributed by atoms with E-state index in [1.165, 1.54) is 36.4 Å². The van der Waals surface area contributed by atoms with Crippen LogP contribution < -0.4 is 0 Å². The summed E-state index contributed by atoms with van der Waals surface area (Å²) >= 11 is 45.1. The van der Waals surface area contributed by atoms with E-state index < -0.39 is 66.6 Å². The molecule has 1 saturated carbocycles. The fraction of sp³-hybridized carbons (Fsp3) is 0.250. The summed E-state index contributed by atoms with van der Waals surface area (Å²) in [4.78, 5) is 61.0. The van der Waals surface area contributed by atoms with Crippen LogP contribution in [0.5, 0.6) is 0 Å². The van der Waals surface area contributed by atoms with E-state index in [1.807, 2.05) is 0 Å². The molecule has 1 saturated heterocycles. The highest BCUT2D eigenvalue weighted by Crippen LogP contribution is 2.77. The number of nitro benzene ring substituents is 1. The number of rotatable bonds is 6. The molecule has 5 rings (SSSR count). The summed E-state index contributed by atoms with van der Waals surface area (Å²) in [5.74, 6) is -7.09. The predicted molar refractivity (Wildman–Crippen MR) is 149 cm³/mol. The molecule has 0 radical (unpaired) electrons. The number of alkyl halides is 4. The van der Waals surface area contributed by atoms with Crippen molar-refractivity contribution in [1.82, 2.24) is 10.0 Å².